The van der Waals surface area contributed by atoms with Gasteiger partial charge >= 0.3 is 6.18 Å². The van der Waals surface area contributed by atoms with Crippen LogP contribution in [0.3, 0.4) is 0 Å². The summed E-state index contributed by atoms with van der Waals surface area (Å²) in [6.45, 7) is 0.599. The zero-order valence-corrected chi connectivity index (χ0v) is 10.7. The van der Waals surface area contributed by atoms with E-state index in [1.165, 1.54) is 12.1 Å². The first-order chi connectivity index (χ1) is 9.32. The molecule has 0 bridgehead atoms. The highest BCUT2D eigenvalue weighted by Gasteiger charge is 2.34. The van der Waals surface area contributed by atoms with Crippen molar-refractivity contribution in [3.8, 4) is 6.07 Å². The van der Waals surface area contributed by atoms with Crippen molar-refractivity contribution in [3.05, 3.63) is 29.3 Å². The smallest absolute Gasteiger partial charge is 0.374 e. The highest BCUT2D eigenvalue weighted by atomic mass is 19.4. The average Bonchev–Trinajstić information content (AvgIpc) is 2.69. The van der Waals surface area contributed by atoms with Gasteiger partial charge in [0.05, 0.1) is 17.2 Å². The average molecular weight is 283 g/mol. The minimum Gasteiger partial charge on any atom is -0.374 e. The van der Waals surface area contributed by atoms with Crippen LogP contribution in [0.2, 0.25) is 0 Å². The number of carbonyl (C=O) groups excluding carboxylic acids is 1. The van der Waals surface area contributed by atoms with Gasteiger partial charge in [-0.25, -0.2) is 0 Å². The summed E-state index contributed by atoms with van der Waals surface area (Å²) in [5.74, 6) is -0.108. The number of hydrogen-bond donors (Lipinski definition) is 1. The molecule has 1 fully saturated rings. The fourth-order valence-corrected chi connectivity index (χ4v) is 2.13. The Bertz CT molecular complexity index is 577. The summed E-state index contributed by atoms with van der Waals surface area (Å²) < 4.78 is 38.0. The lowest BCUT2D eigenvalue weighted by Gasteiger charge is -2.15. The summed E-state index contributed by atoms with van der Waals surface area (Å²) in [5.41, 5.74) is -1.09. The number of amides is 1. The van der Waals surface area contributed by atoms with E-state index in [-0.39, 0.29) is 5.91 Å². The Morgan fingerprint density at radius 2 is 2.15 bits per heavy atom. The second-order valence-electron chi connectivity index (χ2n) is 4.62. The highest BCUT2D eigenvalue weighted by Crippen LogP contribution is 2.33. The number of nitrogens with one attached hydrogen (secondary N) is 1. The number of benzene rings is 1. The Morgan fingerprint density at radius 3 is 2.65 bits per heavy atom. The number of nitriles is 1. The van der Waals surface area contributed by atoms with Gasteiger partial charge in [-0.3, -0.25) is 4.79 Å². The van der Waals surface area contributed by atoms with Crippen LogP contribution in [0.25, 0.3) is 0 Å². The second kappa shape index (κ2) is 5.04. The molecule has 0 spiro atoms. The van der Waals surface area contributed by atoms with Gasteiger partial charge < -0.3 is 10.2 Å². The van der Waals surface area contributed by atoms with Gasteiger partial charge in [-0.05, 0) is 24.6 Å². The SMILES string of the molecule is CN1CCC(Nc2ccc(C(F)(F)F)c(C#N)c2)C1=O. The quantitative estimate of drug-likeness (QED) is 0.905. The molecule has 0 radical (unpaired) electrons. The second-order valence-corrected chi connectivity index (χ2v) is 4.62. The predicted octanol–water partition coefficient (Wildman–Crippen LogP) is 2.22. The first-order valence-electron chi connectivity index (χ1n) is 5.96. The van der Waals surface area contributed by atoms with E-state index in [9.17, 15) is 18.0 Å². The first kappa shape index (κ1) is 14.2. The predicted molar refractivity (Wildman–Crippen MR) is 65.8 cm³/mol. The van der Waals surface area contributed by atoms with Gasteiger partial charge in [-0.15, -0.1) is 0 Å². The van der Waals surface area contributed by atoms with E-state index in [0.717, 1.165) is 12.1 Å². The molecule has 1 heterocycles. The van der Waals surface area contributed by atoms with Crippen LogP contribution in [-0.4, -0.2) is 30.4 Å². The van der Waals surface area contributed by atoms with Crippen molar-refractivity contribution in [2.45, 2.75) is 18.6 Å². The van der Waals surface area contributed by atoms with E-state index in [1.807, 2.05) is 0 Å². The number of rotatable bonds is 2. The maximum atomic E-state index is 12.7. The summed E-state index contributed by atoms with van der Waals surface area (Å²) in [5, 5.41) is 11.7. The van der Waals surface area contributed by atoms with Crippen LogP contribution in [0.4, 0.5) is 18.9 Å². The molecule has 1 amide bonds. The van der Waals surface area contributed by atoms with Crippen LogP contribution >= 0.6 is 0 Å². The van der Waals surface area contributed by atoms with Gasteiger partial charge in [0.2, 0.25) is 5.91 Å². The molecule has 0 aliphatic carbocycles. The maximum Gasteiger partial charge on any atom is 0.417 e. The molecule has 1 atom stereocenters. The number of alkyl halides is 3. The van der Waals surface area contributed by atoms with Gasteiger partial charge in [0, 0.05) is 19.3 Å². The van der Waals surface area contributed by atoms with E-state index < -0.39 is 23.3 Å². The Kier molecular flexibility index (Phi) is 3.57. The molecule has 1 saturated heterocycles. The molecule has 0 aromatic heterocycles. The lowest BCUT2D eigenvalue weighted by atomic mass is 10.1. The Hall–Kier alpha value is -2.23. The molecule has 106 valence electrons. The van der Waals surface area contributed by atoms with Crippen LogP contribution in [0.5, 0.6) is 0 Å². The molecule has 0 saturated carbocycles. The number of likely N-dealkylation sites (N-methyl/N-ethyl adjacent to an activating group) is 1. The zero-order chi connectivity index (χ0) is 14.9. The Balaban J connectivity index is 2.23. The monoisotopic (exact) mass is 283 g/mol. The minimum atomic E-state index is -4.56. The number of halogens is 3. The standard InChI is InChI=1S/C13H12F3N3O/c1-19-5-4-11(12(19)20)18-9-2-3-10(13(14,15)16)8(6-9)7-17/h2-3,6,11,18H,4-5H2,1H3. The van der Waals surface area contributed by atoms with Gasteiger partial charge in [-0.1, -0.05) is 0 Å². The molecule has 1 aliphatic rings. The molecular formula is C13H12F3N3O. The largest absolute Gasteiger partial charge is 0.417 e. The summed E-state index contributed by atoms with van der Waals surface area (Å²) in [6, 6.07) is 4.28. The molecule has 1 aromatic rings. The summed E-state index contributed by atoms with van der Waals surface area (Å²) in [6.07, 6.45) is -3.98. The van der Waals surface area contributed by atoms with Gasteiger partial charge in [0.25, 0.3) is 0 Å². The Labute approximate surface area is 113 Å². The normalized spacial score (nSPS) is 19.1. The minimum absolute atomic E-state index is 0.108. The number of likely N-dealkylation sites (tertiary alicyclic amines) is 1. The van der Waals surface area contributed by atoms with Gasteiger partial charge in [0.1, 0.15) is 6.04 Å². The fraction of sp³-hybridized carbons (Fsp3) is 0.385. The van der Waals surface area contributed by atoms with Crippen LogP contribution < -0.4 is 5.32 Å². The highest BCUT2D eigenvalue weighted by molar-refractivity contribution is 5.86. The van der Waals surface area contributed by atoms with Crippen molar-refractivity contribution in [2.75, 3.05) is 18.9 Å². The third-order valence-corrected chi connectivity index (χ3v) is 3.21. The van der Waals surface area contributed by atoms with E-state index in [2.05, 4.69) is 5.32 Å². The fourth-order valence-electron chi connectivity index (χ4n) is 2.13. The van der Waals surface area contributed by atoms with Crippen molar-refractivity contribution in [1.82, 2.24) is 4.90 Å². The van der Waals surface area contributed by atoms with Crippen molar-refractivity contribution in [2.24, 2.45) is 0 Å². The number of anilines is 1. The number of nitrogens with zero attached hydrogens (tertiary/aromatic N) is 2. The van der Waals surface area contributed by atoms with Crippen molar-refractivity contribution in [1.29, 1.82) is 5.26 Å². The van der Waals surface area contributed by atoms with Crippen LogP contribution in [0.15, 0.2) is 18.2 Å². The van der Waals surface area contributed by atoms with E-state index in [4.69, 9.17) is 5.26 Å². The van der Waals surface area contributed by atoms with Crippen LogP contribution in [-0.2, 0) is 11.0 Å². The van der Waals surface area contributed by atoms with Gasteiger partial charge in [0.15, 0.2) is 0 Å². The number of hydrogen-bond acceptors (Lipinski definition) is 3. The lowest BCUT2D eigenvalue weighted by Crippen LogP contribution is -2.31. The van der Waals surface area contributed by atoms with Crippen molar-refractivity contribution in [3.63, 3.8) is 0 Å². The third-order valence-electron chi connectivity index (χ3n) is 3.21. The van der Waals surface area contributed by atoms with Crippen LogP contribution in [0.1, 0.15) is 17.5 Å². The zero-order valence-electron chi connectivity index (χ0n) is 10.7. The topological polar surface area (TPSA) is 56.1 Å². The molecule has 7 heteroatoms. The molecule has 1 unspecified atom stereocenters. The summed E-state index contributed by atoms with van der Waals surface area (Å²) in [7, 11) is 1.66. The molecule has 1 aliphatic heterocycles. The molecule has 20 heavy (non-hydrogen) atoms. The molecule has 1 aromatic carbocycles. The van der Waals surface area contributed by atoms with E-state index in [0.29, 0.717) is 18.7 Å². The summed E-state index contributed by atoms with van der Waals surface area (Å²) >= 11 is 0. The first-order valence-corrected chi connectivity index (χ1v) is 5.96. The number of carbonyl (C=O) groups is 1. The van der Waals surface area contributed by atoms with Gasteiger partial charge in [-0.2, -0.15) is 18.4 Å². The van der Waals surface area contributed by atoms with E-state index >= 15 is 0 Å². The molecule has 1 N–H and O–H groups in total. The maximum absolute atomic E-state index is 12.7. The van der Waals surface area contributed by atoms with Crippen molar-refractivity contribution < 1.29 is 18.0 Å². The third kappa shape index (κ3) is 2.69. The van der Waals surface area contributed by atoms with E-state index in [1.54, 1.807) is 11.9 Å². The summed E-state index contributed by atoms with van der Waals surface area (Å²) in [4.78, 5) is 13.3. The Morgan fingerprint density at radius 1 is 1.45 bits per heavy atom. The molecule has 2 rings (SSSR count). The van der Waals surface area contributed by atoms with Crippen molar-refractivity contribution >= 4 is 11.6 Å². The lowest BCUT2D eigenvalue weighted by molar-refractivity contribution is -0.137. The molecular weight excluding hydrogens is 271 g/mol. The van der Waals surface area contributed by atoms with Crippen LogP contribution in [0, 0.1) is 11.3 Å². The molecule has 4 nitrogen and oxygen atoms in total.